The molecule has 5 N–H and O–H groups in total. The lowest BCUT2D eigenvalue weighted by atomic mass is 10.00. The zero-order valence-electron chi connectivity index (χ0n) is 42.3. The van der Waals surface area contributed by atoms with Crippen LogP contribution in [-0.2, 0) is 4.79 Å². The molecule has 0 fully saturated rings. The molecule has 6 heteroatoms. The highest BCUT2D eigenvalue weighted by Crippen LogP contribution is 2.18. The number of rotatable bonds is 52. The molecule has 0 radical (unpaired) electrons. The number of unbranched alkanes of at least 4 members (excludes halogenated alkanes) is 39. The van der Waals surface area contributed by atoms with Gasteiger partial charge in [-0.15, -0.1) is 0 Å². The van der Waals surface area contributed by atoms with Crippen LogP contribution in [0.1, 0.15) is 303 Å². The molecule has 0 bridgehead atoms. The van der Waals surface area contributed by atoms with Gasteiger partial charge in [0, 0.05) is 0 Å². The lowest BCUT2D eigenvalue weighted by Gasteiger charge is -2.27. The van der Waals surface area contributed by atoms with E-state index in [4.69, 9.17) is 0 Å². The van der Waals surface area contributed by atoms with Crippen LogP contribution in [0.25, 0.3) is 0 Å². The average Bonchev–Trinajstić information content (AvgIpc) is 3.29. The normalized spacial score (nSPS) is 13.9. The number of aliphatic hydroxyl groups is 4. The largest absolute Gasteiger partial charge is 0.394 e. The molecule has 0 aromatic heterocycles. The zero-order valence-corrected chi connectivity index (χ0v) is 42.3. The van der Waals surface area contributed by atoms with Gasteiger partial charge in [0.1, 0.15) is 12.2 Å². The standard InChI is InChI=1S/C57H111NO5/c1-3-5-7-9-11-13-15-17-19-20-21-22-23-24-25-26-27-28-29-30-31-32-33-34-35-37-39-41-43-45-47-49-51-55(61)57(63)58-53(52-59)56(62)54(60)50-48-46-44-42-40-38-36-18-16-14-12-10-8-6-4-2/h18,36,42,44,53-56,59-62H,3-17,19-35,37-41,43,45-52H2,1-2H3,(H,58,63)/b36-18+,44-42+. The van der Waals surface area contributed by atoms with E-state index in [2.05, 4.69) is 43.5 Å². The number of hydrogen-bond acceptors (Lipinski definition) is 5. The minimum absolute atomic E-state index is 0.365. The summed E-state index contributed by atoms with van der Waals surface area (Å²) < 4.78 is 0. The SMILES string of the molecule is CCCCCCCC/C=C/CC/C=C/CCCC(O)C(O)C(CO)NC(=O)C(O)CCCCCCCCCCCCCCCCCCCCCCCCCCCCCCCCCC. The lowest BCUT2D eigenvalue weighted by molar-refractivity contribution is -0.132. The number of carbonyl (C=O) groups excluding carboxylic acids is 1. The van der Waals surface area contributed by atoms with Gasteiger partial charge in [0.2, 0.25) is 5.91 Å². The van der Waals surface area contributed by atoms with Crippen molar-refractivity contribution in [3.8, 4) is 0 Å². The fraction of sp³-hybridized carbons (Fsp3) is 0.912. The van der Waals surface area contributed by atoms with Crippen molar-refractivity contribution < 1.29 is 25.2 Å². The maximum atomic E-state index is 12.6. The van der Waals surface area contributed by atoms with Crippen molar-refractivity contribution in [2.45, 2.75) is 327 Å². The molecule has 0 spiro atoms. The van der Waals surface area contributed by atoms with Crippen molar-refractivity contribution in [1.29, 1.82) is 0 Å². The molecule has 0 aromatic carbocycles. The Kier molecular flexibility index (Phi) is 50.8. The topological polar surface area (TPSA) is 110 Å². The second-order valence-corrected chi connectivity index (χ2v) is 19.6. The molecule has 0 heterocycles. The summed E-state index contributed by atoms with van der Waals surface area (Å²) in [5, 5.41) is 43.8. The first-order valence-electron chi connectivity index (χ1n) is 28.2. The fourth-order valence-corrected chi connectivity index (χ4v) is 8.95. The third-order valence-corrected chi connectivity index (χ3v) is 13.4. The van der Waals surface area contributed by atoms with Gasteiger partial charge in [-0.05, 0) is 51.4 Å². The summed E-state index contributed by atoms with van der Waals surface area (Å²) in [6, 6.07) is -1.01. The maximum Gasteiger partial charge on any atom is 0.249 e. The molecule has 0 aromatic rings. The van der Waals surface area contributed by atoms with Gasteiger partial charge in [0.25, 0.3) is 0 Å². The van der Waals surface area contributed by atoms with Crippen LogP contribution in [0, 0.1) is 0 Å². The molecule has 63 heavy (non-hydrogen) atoms. The van der Waals surface area contributed by atoms with E-state index in [1.165, 1.54) is 231 Å². The summed E-state index contributed by atoms with van der Waals surface area (Å²) in [7, 11) is 0. The number of aliphatic hydroxyl groups excluding tert-OH is 4. The minimum atomic E-state index is -1.29. The Labute approximate surface area is 393 Å². The smallest absolute Gasteiger partial charge is 0.249 e. The summed E-state index contributed by atoms with van der Waals surface area (Å²) in [4.78, 5) is 12.6. The molecular formula is C57H111NO5. The number of amides is 1. The lowest BCUT2D eigenvalue weighted by Crippen LogP contribution is -2.53. The summed E-state index contributed by atoms with van der Waals surface area (Å²) in [5.41, 5.74) is 0. The van der Waals surface area contributed by atoms with E-state index in [9.17, 15) is 25.2 Å². The van der Waals surface area contributed by atoms with Gasteiger partial charge in [0.05, 0.1) is 18.8 Å². The van der Waals surface area contributed by atoms with Crippen molar-refractivity contribution >= 4 is 5.91 Å². The molecule has 374 valence electrons. The molecule has 4 atom stereocenters. The van der Waals surface area contributed by atoms with E-state index in [0.29, 0.717) is 19.3 Å². The quantitative estimate of drug-likeness (QED) is 0.0309. The van der Waals surface area contributed by atoms with Crippen molar-refractivity contribution in [2.75, 3.05) is 6.61 Å². The minimum Gasteiger partial charge on any atom is -0.394 e. The van der Waals surface area contributed by atoms with Crippen LogP contribution in [-0.4, -0.2) is 57.3 Å². The van der Waals surface area contributed by atoms with Crippen LogP contribution in [0.2, 0.25) is 0 Å². The first kappa shape index (κ1) is 61.8. The summed E-state index contributed by atoms with van der Waals surface area (Å²) in [6.07, 6.45) is 62.6. The van der Waals surface area contributed by atoms with E-state index in [1.54, 1.807) is 0 Å². The molecule has 0 saturated carbocycles. The van der Waals surface area contributed by atoms with E-state index >= 15 is 0 Å². The average molecular weight is 891 g/mol. The molecule has 0 aliphatic heterocycles. The van der Waals surface area contributed by atoms with Gasteiger partial charge in [-0.3, -0.25) is 4.79 Å². The molecule has 1 amide bonds. The molecule has 0 aliphatic rings. The highest BCUT2D eigenvalue weighted by molar-refractivity contribution is 5.80. The number of allylic oxidation sites excluding steroid dienone is 4. The van der Waals surface area contributed by atoms with Crippen molar-refractivity contribution in [2.24, 2.45) is 0 Å². The molecule has 6 nitrogen and oxygen atoms in total. The molecular weight excluding hydrogens is 779 g/mol. The number of hydrogen-bond donors (Lipinski definition) is 5. The second kappa shape index (κ2) is 51.8. The van der Waals surface area contributed by atoms with Crippen LogP contribution in [0.3, 0.4) is 0 Å². The Bertz CT molecular complexity index is 955. The Balaban J connectivity index is 3.56. The van der Waals surface area contributed by atoms with Crippen molar-refractivity contribution in [1.82, 2.24) is 5.32 Å². The number of nitrogens with one attached hydrogen (secondary N) is 1. The third kappa shape index (κ3) is 45.7. The highest BCUT2D eigenvalue weighted by atomic mass is 16.3. The maximum absolute atomic E-state index is 12.6. The van der Waals surface area contributed by atoms with E-state index in [0.717, 1.165) is 38.5 Å². The Hall–Kier alpha value is -1.21. The van der Waals surface area contributed by atoms with Crippen molar-refractivity contribution in [3.63, 3.8) is 0 Å². The molecule has 0 aliphatic carbocycles. The first-order valence-corrected chi connectivity index (χ1v) is 28.2. The third-order valence-electron chi connectivity index (χ3n) is 13.4. The fourth-order valence-electron chi connectivity index (χ4n) is 8.95. The van der Waals surface area contributed by atoms with Crippen LogP contribution in [0.5, 0.6) is 0 Å². The Morgan fingerprint density at radius 3 is 1.00 bits per heavy atom. The summed E-state index contributed by atoms with van der Waals surface area (Å²) in [5.74, 6) is -0.593. The number of carbonyl (C=O) groups is 1. The van der Waals surface area contributed by atoms with Crippen LogP contribution >= 0.6 is 0 Å². The van der Waals surface area contributed by atoms with Gasteiger partial charge in [-0.25, -0.2) is 0 Å². The monoisotopic (exact) mass is 890 g/mol. The van der Waals surface area contributed by atoms with Gasteiger partial charge >= 0.3 is 0 Å². The molecule has 4 unspecified atom stereocenters. The Morgan fingerprint density at radius 2 is 0.667 bits per heavy atom. The summed E-state index contributed by atoms with van der Waals surface area (Å²) >= 11 is 0. The van der Waals surface area contributed by atoms with E-state index in [1.807, 2.05) is 0 Å². The van der Waals surface area contributed by atoms with Gasteiger partial charge in [-0.2, -0.15) is 0 Å². The Morgan fingerprint density at radius 1 is 0.381 bits per heavy atom. The molecule has 0 rings (SSSR count). The van der Waals surface area contributed by atoms with E-state index in [-0.39, 0.29) is 0 Å². The van der Waals surface area contributed by atoms with Crippen molar-refractivity contribution in [3.05, 3.63) is 24.3 Å². The predicted molar refractivity (Wildman–Crippen MR) is 274 cm³/mol. The molecule has 0 saturated heterocycles. The first-order chi connectivity index (χ1) is 31.0. The van der Waals surface area contributed by atoms with Crippen LogP contribution in [0.15, 0.2) is 24.3 Å². The van der Waals surface area contributed by atoms with Gasteiger partial charge in [0.15, 0.2) is 0 Å². The van der Waals surface area contributed by atoms with E-state index < -0.39 is 36.9 Å². The summed E-state index contributed by atoms with van der Waals surface area (Å²) in [6.45, 7) is 4.05. The predicted octanol–water partition coefficient (Wildman–Crippen LogP) is 16.3. The highest BCUT2D eigenvalue weighted by Gasteiger charge is 2.28. The van der Waals surface area contributed by atoms with Crippen LogP contribution in [0.4, 0.5) is 0 Å². The van der Waals surface area contributed by atoms with Gasteiger partial charge < -0.3 is 25.7 Å². The second-order valence-electron chi connectivity index (χ2n) is 19.6. The van der Waals surface area contributed by atoms with Crippen LogP contribution < -0.4 is 5.32 Å². The van der Waals surface area contributed by atoms with Gasteiger partial charge in [-0.1, -0.05) is 276 Å². The zero-order chi connectivity index (χ0) is 45.9.